The average molecular weight is 383 g/mol. The molecular formula is C17H11ClN6OS. The van der Waals surface area contributed by atoms with Gasteiger partial charge in [-0.15, -0.1) is 15.3 Å². The van der Waals surface area contributed by atoms with Gasteiger partial charge >= 0.3 is 0 Å². The Bertz CT molecular complexity index is 986. The summed E-state index contributed by atoms with van der Waals surface area (Å²) >= 11 is 7.09. The van der Waals surface area contributed by atoms with Crippen LogP contribution in [0.1, 0.15) is 5.56 Å². The van der Waals surface area contributed by atoms with Crippen LogP contribution in [0.25, 0.3) is 6.08 Å². The van der Waals surface area contributed by atoms with Gasteiger partial charge in [0, 0.05) is 6.20 Å². The zero-order chi connectivity index (χ0) is 17.9. The minimum Gasteiger partial charge on any atom is -0.268 e. The molecule has 0 unspecified atom stereocenters. The van der Waals surface area contributed by atoms with E-state index in [1.165, 1.54) is 29.1 Å². The van der Waals surface area contributed by atoms with Crippen LogP contribution in [0.2, 0.25) is 5.15 Å². The van der Waals surface area contributed by atoms with Gasteiger partial charge in [0.25, 0.3) is 5.91 Å². The van der Waals surface area contributed by atoms with Crippen LogP contribution < -0.4 is 4.90 Å². The number of hydrogen-bond donors (Lipinski definition) is 0. The Morgan fingerprint density at radius 1 is 1.08 bits per heavy atom. The molecule has 0 saturated carbocycles. The molecule has 0 radical (unpaired) electrons. The van der Waals surface area contributed by atoms with Crippen molar-refractivity contribution in [3.63, 3.8) is 0 Å². The fraction of sp³-hybridized carbons (Fsp3) is 0. The number of thioether (sulfide) groups is 1. The summed E-state index contributed by atoms with van der Waals surface area (Å²) < 4.78 is 1.46. The molecule has 0 aliphatic carbocycles. The quantitative estimate of drug-likeness (QED) is 0.513. The van der Waals surface area contributed by atoms with Gasteiger partial charge in [0.15, 0.2) is 0 Å². The number of aromatic nitrogens is 4. The Balaban J connectivity index is 1.75. The number of pyridine rings is 1. The smallest absolute Gasteiger partial charge is 0.268 e. The van der Waals surface area contributed by atoms with Gasteiger partial charge in [0.05, 0.1) is 10.6 Å². The first-order chi connectivity index (χ1) is 12.7. The Morgan fingerprint density at radius 3 is 2.54 bits per heavy atom. The number of hydrogen-bond acceptors (Lipinski definition) is 6. The van der Waals surface area contributed by atoms with Crippen LogP contribution in [-0.4, -0.2) is 30.9 Å². The zero-order valence-corrected chi connectivity index (χ0v) is 14.8. The highest BCUT2D eigenvalue weighted by atomic mass is 35.5. The normalized spacial score (nSPS) is 17.4. The number of benzene rings is 1. The molecule has 0 N–H and O–H groups in total. The van der Waals surface area contributed by atoms with Gasteiger partial charge in [-0.25, -0.2) is 9.66 Å². The molecule has 1 fully saturated rings. The van der Waals surface area contributed by atoms with Crippen LogP contribution in [0, 0.1) is 0 Å². The van der Waals surface area contributed by atoms with Crippen LogP contribution in [0.3, 0.4) is 0 Å². The molecule has 3 aromatic rings. The molecule has 1 aromatic carbocycles. The summed E-state index contributed by atoms with van der Waals surface area (Å²) in [5, 5.41) is 12.8. The van der Waals surface area contributed by atoms with Gasteiger partial charge in [-0.1, -0.05) is 35.9 Å². The molecule has 0 spiro atoms. The van der Waals surface area contributed by atoms with Crippen LogP contribution >= 0.6 is 23.4 Å². The third-order valence-corrected chi connectivity index (χ3v) is 4.66. The largest absolute Gasteiger partial charge is 0.271 e. The van der Waals surface area contributed by atoms with Gasteiger partial charge < -0.3 is 0 Å². The zero-order valence-electron chi connectivity index (χ0n) is 13.2. The summed E-state index contributed by atoms with van der Waals surface area (Å²) in [4.78, 5) is 19.1. The standard InChI is InChI=1S/C17H11ClN6OS/c18-15-7-6-12(9-19-15)8-14-16(25)24(13-4-2-1-3-5-13)17(26-14)22-23-10-20-21-11-23/h1-11H. The molecule has 7 nitrogen and oxygen atoms in total. The van der Waals surface area contributed by atoms with Crippen molar-refractivity contribution in [3.8, 4) is 0 Å². The first-order valence-corrected chi connectivity index (χ1v) is 8.74. The highest BCUT2D eigenvalue weighted by molar-refractivity contribution is 8.19. The molecule has 4 rings (SSSR count). The number of halogens is 1. The molecule has 3 heterocycles. The number of para-hydroxylation sites is 1. The molecule has 1 saturated heterocycles. The number of amidine groups is 1. The fourth-order valence-corrected chi connectivity index (χ4v) is 3.41. The van der Waals surface area contributed by atoms with E-state index in [0.29, 0.717) is 15.2 Å². The van der Waals surface area contributed by atoms with E-state index in [4.69, 9.17) is 11.6 Å². The predicted molar refractivity (Wildman–Crippen MR) is 102 cm³/mol. The lowest BCUT2D eigenvalue weighted by atomic mass is 10.2. The first-order valence-electron chi connectivity index (χ1n) is 7.55. The molecule has 1 aliphatic heterocycles. The highest BCUT2D eigenvalue weighted by Gasteiger charge is 2.35. The molecule has 128 valence electrons. The van der Waals surface area contributed by atoms with Gasteiger partial charge in [0.1, 0.15) is 17.8 Å². The second kappa shape index (κ2) is 7.11. The number of rotatable bonds is 3. The fourth-order valence-electron chi connectivity index (χ4n) is 2.32. The number of nitrogens with zero attached hydrogens (tertiary/aromatic N) is 6. The molecular weight excluding hydrogens is 372 g/mol. The van der Waals surface area contributed by atoms with E-state index in [1.54, 1.807) is 29.3 Å². The molecule has 26 heavy (non-hydrogen) atoms. The Hall–Kier alpha value is -2.97. The SMILES string of the molecule is O=C1C(=Cc2ccc(Cl)nc2)SC(=Nn2cnnc2)N1c1ccccc1. The van der Waals surface area contributed by atoms with Crippen LogP contribution in [0.4, 0.5) is 5.69 Å². The highest BCUT2D eigenvalue weighted by Crippen LogP contribution is 2.35. The lowest BCUT2D eigenvalue weighted by molar-refractivity contribution is -0.113. The summed E-state index contributed by atoms with van der Waals surface area (Å²) in [5.41, 5.74) is 1.51. The topological polar surface area (TPSA) is 76.3 Å². The maximum absolute atomic E-state index is 13.0. The molecule has 1 amide bonds. The van der Waals surface area contributed by atoms with E-state index in [-0.39, 0.29) is 5.91 Å². The Kier molecular flexibility index (Phi) is 4.51. The maximum atomic E-state index is 13.0. The van der Waals surface area contributed by atoms with E-state index < -0.39 is 0 Å². The summed E-state index contributed by atoms with van der Waals surface area (Å²) in [6, 6.07) is 12.8. The molecule has 0 bridgehead atoms. The van der Waals surface area contributed by atoms with Gasteiger partial charge in [-0.05, 0) is 41.6 Å². The van der Waals surface area contributed by atoms with Crippen LogP contribution in [-0.2, 0) is 4.79 Å². The van der Waals surface area contributed by atoms with Crippen molar-refractivity contribution in [1.82, 2.24) is 19.9 Å². The van der Waals surface area contributed by atoms with Crippen molar-refractivity contribution in [3.05, 3.63) is 76.9 Å². The number of amides is 1. The minimum atomic E-state index is -0.164. The minimum absolute atomic E-state index is 0.164. The van der Waals surface area contributed by atoms with Crippen LogP contribution in [0.15, 0.2) is 71.3 Å². The van der Waals surface area contributed by atoms with Crippen molar-refractivity contribution in [2.45, 2.75) is 0 Å². The van der Waals surface area contributed by atoms with E-state index in [0.717, 1.165) is 11.3 Å². The van der Waals surface area contributed by atoms with Crippen molar-refractivity contribution >= 4 is 46.2 Å². The van der Waals surface area contributed by atoms with Crippen molar-refractivity contribution in [2.75, 3.05) is 4.90 Å². The molecule has 1 aliphatic rings. The third-order valence-electron chi connectivity index (χ3n) is 3.48. The Morgan fingerprint density at radius 2 is 1.85 bits per heavy atom. The molecule has 9 heteroatoms. The lowest BCUT2D eigenvalue weighted by Gasteiger charge is -2.15. The van der Waals surface area contributed by atoms with Crippen molar-refractivity contribution in [1.29, 1.82) is 0 Å². The number of anilines is 1. The maximum Gasteiger partial charge on any atom is 0.271 e. The third kappa shape index (κ3) is 3.37. The van der Waals surface area contributed by atoms with Gasteiger partial charge in [0.2, 0.25) is 5.17 Å². The molecule has 0 atom stereocenters. The lowest BCUT2D eigenvalue weighted by Crippen LogP contribution is -2.29. The second-order valence-electron chi connectivity index (χ2n) is 5.23. The van der Waals surface area contributed by atoms with E-state index in [9.17, 15) is 4.79 Å². The first kappa shape index (κ1) is 16.5. The van der Waals surface area contributed by atoms with Gasteiger partial charge in [-0.2, -0.15) is 0 Å². The van der Waals surface area contributed by atoms with Crippen molar-refractivity contribution < 1.29 is 4.79 Å². The summed E-state index contributed by atoms with van der Waals surface area (Å²) in [6.45, 7) is 0. The summed E-state index contributed by atoms with van der Waals surface area (Å²) in [6.07, 6.45) is 6.31. The monoisotopic (exact) mass is 382 g/mol. The predicted octanol–water partition coefficient (Wildman–Crippen LogP) is 3.27. The van der Waals surface area contributed by atoms with Crippen LogP contribution in [0.5, 0.6) is 0 Å². The average Bonchev–Trinajstić information content (AvgIpc) is 3.27. The van der Waals surface area contributed by atoms with E-state index in [1.807, 2.05) is 30.3 Å². The van der Waals surface area contributed by atoms with Gasteiger partial charge in [-0.3, -0.25) is 9.69 Å². The molecule has 2 aromatic heterocycles. The second-order valence-corrected chi connectivity index (χ2v) is 6.62. The summed E-state index contributed by atoms with van der Waals surface area (Å²) in [7, 11) is 0. The summed E-state index contributed by atoms with van der Waals surface area (Å²) in [5.74, 6) is -0.164. The van der Waals surface area contributed by atoms with E-state index >= 15 is 0 Å². The van der Waals surface area contributed by atoms with E-state index in [2.05, 4.69) is 20.3 Å². The number of carbonyl (C=O) groups is 1. The van der Waals surface area contributed by atoms with Crippen molar-refractivity contribution in [2.24, 2.45) is 5.10 Å². The number of carbonyl (C=O) groups excluding carboxylic acids is 1. The Labute approximate surface area is 158 Å².